The smallest absolute Gasteiger partial charge is 0.358 e. The van der Waals surface area contributed by atoms with Crippen molar-refractivity contribution in [3.05, 3.63) is 0 Å². The summed E-state index contributed by atoms with van der Waals surface area (Å²) >= 11 is 0. The van der Waals surface area contributed by atoms with Gasteiger partial charge >= 0.3 is 17.9 Å². The number of ether oxygens (including phenoxy) is 1. The number of aliphatic carboxylic acids is 1. The summed E-state index contributed by atoms with van der Waals surface area (Å²) in [5.41, 5.74) is -4.53. The van der Waals surface area contributed by atoms with Crippen LogP contribution >= 0.6 is 0 Å². The van der Waals surface area contributed by atoms with Crippen LogP contribution in [0.5, 0.6) is 0 Å². The van der Waals surface area contributed by atoms with E-state index in [1.807, 2.05) is 0 Å². The molecule has 1 aliphatic rings. The Balaban J connectivity index is 3.31. The number of aliphatic hydroxyl groups is 1. The van der Waals surface area contributed by atoms with E-state index in [1.54, 1.807) is 0 Å². The maximum Gasteiger partial charge on any atom is 0.358 e. The Kier molecular flexibility index (Phi) is 1.70. The molecule has 1 atom stereocenters. The second kappa shape index (κ2) is 2.29. The van der Waals surface area contributed by atoms with Crippen LogP contribution in [0, 0.1) is 5.41 Å². The van der Waals surface area contributed by atoms with Gasteiger partial charge in [0.1, 0.15) is 5.41 Å². The Morgan fingerprint density at radius 1 is 1.31 bits per heavy atom. The molecule has 0 bridgehead atoms. The summed E-state index contributed by atoms with van der Waals surface area (Å²) in [7, 11) is 0. The summed E-state index contributed by atoms with van der Waals surface area (Å²) in [5, 5.41) is 18.0. The third-order valence-electron chi connectivity index (χ3n) is 2.21. The van der Waals surface area contributed by atoms with Gasteiger partial charge in [0.15, 0.2) is 0 Å². The quantitative estimate of drug-likeness (QED) is 0.400. The number of carboxylic acid groups (broad SMARTS) is 1. The Morgan fingerprint density at radius 2 is 1.77 bits per heavy atom. The van der Waals surface area contributed by atoms with Crippen LogP contribution in [0.15, 0.2) is 0 Å². The van der Waals surface area contributed by atoms with Crippen molar-refractivity contribution in [2.24, 2.45) is 5.41 Å². The fraction of sp³-hybridized carbons (Fsp3) is 0.571. The summed E-state index contributed by atoms with van der Waals surface area (Å²) in [5.74, 6) is -4.26. The Labute approximate surface area is 73.1 Å². The highest BCUT2D eigenvalue weighted by Crippen LogP contribution is 2.39. The van der Waals surface area contributed by atoms with Gasteiger partial charge < -0.3 is 14.9 Å². The highest BCUT2D eigenvalue weighted by atomic mass is 16.6. The van der Waals surface area contributed by atoms with E-state index >= 15 is 0 Å². The molecule has 1 heterocycles. The fourth-order valence-electron chi connectivity index (χ4n) is 1.04. The largest absolute Gasteiger partial charge is 0.479 e. The number of hydrogen-bond acceptors (Lipinski definition) is 5. The van der Waals surface area contributed by atoms with Crippen molar-refractivity contribution in [3.63, 3.8) is 0 Å². The molecule has 72 valence electrons. The van der Waals surface area contributed by atoms with Crippen LogP contribution in [0.2, 0.25) is 0 Å². The molecule has 1 aliphatic heterocycles. The number of esters is 2. The highest BCUT2D eigenvalue weighted by Gasteiger charge is 2.68. The second-order valence-corrected chi connectivity index (χ2v) is 3.32. The predicted octanol–water partition coefficient (Wildman–Crippen LogP) is -1.09. The summed E-state index contributed by atoms with van der Waals surface area (Å²) in [6, 6.07) is 0. The minimum absolute atomic E-state index is 1.04. The van der Waals surface area contributed by atoms with Gasteiger partial charge in [0.2, 0.25) is 0 Å². The Morgan fingerprint density at radius 3 is 1.92 bits per heavy atom. The lowest BCUT2D eigenvalue weighted by Crippen LogP contribution is -2.54. The summed E-state index contributed by atoms with van der Waals surface area (Å²) in [4.78, 5) is 32.4. The number of carbonyl (C=O) groups is 3. The minimum Gasteiger partial charge on any atom is -0.479 e. The van der Waals surface area contributed by atoms with Crippen LogP contribution in [0.25, 0.3) is 0 Å². The standard InChI is InChI=1S/C7H8O6/c1-6(2)4(10)13-5(11)7(6,12)3(8)9/h12H,1-2H3,(H,8,9). The molecule has 2 N–H and O–H groups in total. The molecule has 6 heteroatoms. The molecule has 0 aromatic rings. The molecule has 0 radical (unpaired) electrons. The lowest BCUT2D eigenvalue weighted by Gasteiger charge is -2.24. The summed E-state index contributed by atoms with van der Waals surface area (Å²) in [6.07, 6.45) is 0. The van der Waals surface area contributed by atoms with E-state index in [9.17, 15) is 19.5 Å². The van der Waals surface area contributed by atoms with E-state index in [4.69, 9.17) is 5.11 Å². The average Bonchev–Trinajstić information content (AvgIpc) is 2.13. The van der Waals surface area contributed by atoms with Crippen molar-refractivity contribution in [1.82, 2.24) is 0 Å². The Hall–Kier alpha value is -1.43. The summed E-state index contributed by atoms with van der Waals surface area (Å²) in [6.45, 7) is 2.27. The third-order valence-corrected chi connectivity index (χ3v) is 2.21. The number of carbonyl (C=O) groups excluding carboxylic acids is 2. The highest BCUT2D eigenvalue weighted by molar-refractivity contribution is 6.15. The lowest BCUT2D eigenvalue weighted by atomic mass is 9.77. The zero-order valence-corrected chi connectivity index (χ0v) is 7.03. The van der Waals surface area contributed by atoms with Crippen molar-refractivity contribution < 1.29 is 29.3 Å². The normalized spacial score (nSPS) is 31.6. The predicted molar refractivity (Wildman–Crippen MR) is 37.5 cm³/mol. The van der Waals surface area contributed by atoms with E-state index in [0.29, 0.717) is 0 Å². The topological polar surface area (TPSA) is 101 Å². The van der Waals surface area contributed by atoms with Gasteiger partial charge in [-0.05, 0) is 13.8 Å². The zero-order valence-electron chi connectivity index (χ0n) is 7.03. The van der Waals surface area contributed by atoms with Crippen molar-refractivity contribution in [1.29, 1.82) is 0 Å². The molecule has 13 heavy (non-hydrogen) atoms. The minimum atomic E-state index is -2.77. The first-order valence-electron chi connectivity index (χ1n) is 3.47. The van der Waals surface area contributed by atoms with Gasteiger partial charge in [-0.25, -0.2) is 9.59 Å². The van der Waals surface area contributed by atoms with Crippen LogP contribution in [-0.4, -0.2) is 33.7 Å². The van der Waals surface area contributed by atoms with Crippen molar-refractivity contribution in [2.75, 3.05) is 0 Å². The Bertz CT molecular complexity index is 304. The first-order valence-corrected chi connectivity index (χ1v) is 3.47. The molecule has 1 unspecified atom stereocenters. The number of carboxylic acids is 1. The molecule has 0 amide bonds. The van der Waals surface area contributed by atoms with Crippen molar-refractivity contribution in [3.8, 4) is 0 Å². The molecule has 6 nitrogen and oxygen atoms in total. The number of hydrogen-bond donors (Lipinski definition) is 2. The van der Waals surface area contributed by atoms with E-state index < -0.39 is 28.9 Å². The lowest BCUT2D eigenvalue weighted by molar-refractivity contribution is -0.176. The molecular weight excluding hydrogens is 180 g/mol. The molecule has 1 rings (SSSR count). The van der Waals surface area contributed by atoms with E-state index in [-0.39, 0.29) is 0 Å². The van der Waals surface area contributed by atoms with Gasteiger partial charge in [0.25, 0.3) is 5.60 Å². The zero-order chi connectivity index (χ0) is 10.4. The van der Waals surface area contributed by atoms with Crippen LogP contribution in [0.1, 0.15) is 13.8 Å². The van der Waals surface area contributed by atoms with Crippen molar-refractivity contribution >= 4 is 17.9 Å². The van der Waals surface area contributed by atoms with E-state index in [0.717, 1.165) is 13.8 Å². The number of cyclic esters (lactones) is 2. The number of rotatable bonds is 1. The first kappa shape index (κ1) is 9.66. The van der Waals surface area contributed by atoms with Gasteiger partial charge in [-0.2, -0.15) is 0 Å². The van der Waals surface area contributed by atoms with Crippen LogP contribution < -0.4 is 0 Å². The van der Waals surface area contributed by atoms with E-state index in [1.165, 1.54) is 0 Å². The molecule has 0 aromatic carbocycles. The van der Waals surface area contributed by atoms with Gasteiger partial charge in [0, 0.05) is 0 Å². The third kappa shape index (κ3) is 0.888. The first-order chi connectivity index (χ1) is 5.74. The molecule has 0 saturated carbocycles. The fourth-order valence-corrected chi connectivity index (χ4v) is 1.04. The van der Waals surface area contributed by atoms with Crippen LogP contribution in [-0.2, 0) is 19.1 Å². The molecule has 0 aliphatic carbocycles. The summed E-state index contributed by atoms with van der Waals surface area (Å²) < 4.78 is 4.04. The maximum atomic E-state index is 11.0. The molecule has 0 spiro atoms. The van der Waals surface area contributed by atoms with E-state index in [2.05, 4.69) is 4.74 Å². The van der Waals surface area contributed by atoms with Crippen molar-refractivity contribution in [2.45, 2.75) is 19.4 Å². The van der Waals surface area contributed by atoms with Gasteiger partial charge in [-0.1, -0.05) is 0 Å². The average molecular weight is 188 g/mol. The van der Waals surface area contributed by atoms with Gasteiger partial charge in [0.05, 0.1) is 0 Å². The maximum absolute atomic E-state index is 11.0. The van der Waals surface area contributed by atoms with Gasteiger partial charge in [-0.15, -0.1) is 0 Å². The monoisotopic (exact) mass is 188 g/mol. The van der Waals surface area contributed by atoms with Gasteiger partial charge in [-0.3, -0.25) is 4.79 Å². The molecule has 1 fully saturated rings. The molecule has 1 saturated heterocycles. The van der Waals surface area contributed by atoms with Crippen LogP contribution in [0.4, 0.5) is 0 Å². The van der Waals surface area contributed by atoms with Crippen LogP contribution in [0.3, 0.4) is 0 Å². The SMILES string of the molecule is CC1(C)C(=O)OC(=O)C1(O)C(=O)O. The molecule has 0 aromatic heterocycles. The second-order valence-electron chi connectivity index (χ2n) is 3.32. The molecular formula is C7H8O6.